The molecule has 0 radical (unpaired) electrons. The Balaban J connectivity index is 1.95. The second-order valence-corrected chi connectivity index (χ2v) is 7.29. The molecule has 1 aromatic carbocycles. The van der Waals surface area contributed by atoms with Gasteiger partial charge in [0.05, 0.1) is 12.9 Å². The SMILES string of the molecule is C[C@H]1COC(Sc2ccc(OS(C)(=O)=O)cc2)C1. The fourth-order valence-corrected chi connectivity index (χ4v) is 3.35. The van der Waals surface area contributed by atoms with Gasteiger partial charge in [0.25, 0.3) is 0 Å². The van der Waals surface area contributed by atoms with Crippen LogP contribution in [0, 0.1) is 5.92 Å². The normalized spacial score (nSPS) is 24.1. The summed E-state index contributed by atoms with van der Waals surface area (Å²) in [5.74, 6) is 0.942. The maximum Gasteiger partial charge on any atom is 0.306 e. The Morgan fingerprint density at radius 1 is 1.33 bits per heavy atom. The molecule has 1 aromatic rings. The van der Waals surface area contributed by atoms with Crippen LogP contribution >= 0.6 is 11.8 Å². The summed E-state index contributed by atoms with van der Waals surface area (Å²) in [6, 6.07) is 7.00. The molecule has 100 valence electrons. The van der Waals surface area contributed by atoms with Gasteiger partial charge in [-0.05, 0) is 36.6 Å². The fourth-order valence-electron chi connectivity index (χ4n) is 1.72. The Morgan fingerprint density at radius 2 is 2.00 bits per heavy atom. The van der Waals surface area contributed by atoms with Gasteiger partial charge in [0, 0.05) is 4.90 Å². The molecular weight excluding hydrogens is 272 g/mol. The average Bonchev–Trinajstić information content (AvgIpc) is 2.65. The molecule has 0 aromatic heterocycles. The van der Waals surface area contributed by atoms with Gasteiger partial charge >= 0.3 is 10.1 Å². The molecule has 1 aliphatic rings. The predicted molar refractivity (Wildman–Crippen MR) is 71.3 cm³/mol. The smallest absolute Gasteiger partial charge is 0.306 e. The summed E-state index contributed by atoms with van der Waals surface area (Å²) in [5, 5.41) is 0. The van der Waals surface area contributed by atoms with E-state index < -0.39 is 10.1 Å². The minimum absolute atomic E-state index is 0.196. The lowest BCUT2D eigenvalue weighted by Crippen LogP contribution is -2.05. The first-order chi connectivity index (χ1) is 8.42. The molecule has 0 saturated carbocycles. The highest BCUT2D eigenvalue weighted by molar-refractivity contribution is 7.99. The van der Waals surface area contributed by atoms with Crippen LogP contribution in [0.4, 0.5) is 0 Å². The van der Waals surface area contributed by atoms with E-state index >= 15 is 0 Å². The van der Waals surface area contributed by atoms with Crippen molar-refractivity contribution in [3.63, 3.8) is 0 Å². The maximum absolute atomic E-state index is 11.0. The highest BCUT2D eigenvalue weighted by Gasteiger charge is 2.22. The number of rotatable bonds is 4. The van der Waals surface area contributed by atoms with Gasteiger partial charge in [0.15, 0.2) is 0 Å². The average molecular weight is 288 g/mol. The molecule has 2 atom stereocenters. The van der Waals surface area contributed by atoms with Crippen molar-refractivity contribution < 1.29 is 17.3 Å². The number of benzene rings is 1. The minimum atomic E-state index is -3.45. The molecule has 0 amide bonds. The largest absolute Gasteiger partial charge is 0.383 e. The van der Waals surface area contributed by atoms with E-state index in [0.717, 1.165) is 24.2 Å². The van der Waals surface area contributed by atoms with E-state index in [9.17, 15) is 8.42 Å². The van der Waals surface area contributed by atoms with Gasteiger partial charge in [-0.3, -0.25) is 0 Å². The molecule has 1 aliphatic heterocycles. The lowest BCUT2D eigenvalue weighted by Gasteiger charge is -2.09. The zero-order valence-corrected chi connectivity index (χ0v) is 12.0. The molecule has 18 heavy (non-hydrogen) atoms. The molecule has 1 saturated heterocycles. The standard InChI is InChI=1S/C12H16O4S2/c1-9-7-12(15-8-9)17-11-5-3-10(4-6-11)16-18(2,13)14/h3-6,9,12H,7-8H2,1-2H3/t9-,12?/m1/s1. The van der Waals surface area contributed by atoms with E-state index in [1.807, 2.05) is 12.1 Å². The summed E-state index contributed by atoms with van der Waals surface area (Å²) in [7, 11) is -3.45. The number of hydrogen-bond donors (Lipinski definition) is 0. The predicted octanol–water partition coefficient (Wildman–Crippen LogP) is 2.50. The minimum Gasteiger partial charge on any atom is -0.383 e. The van der Waals surface area contributed by atoms with Crippen molar-refractivity contribution >= 4 is 21.9 Å². The molecular formula is C12H16O4S2. The van der Waals surface area contributed by atoms with Crippen LogP contribution < -0.4 is 4.18 Å². The molecule has 4 nitrogen and oxygen atoms in total. The summed E-state index contributed by atoms with van der Waals surface area (Å²) in [6.45, 7) is 2.98. The molecule has 1 heterocycles. The molecule has 1 fully saturated rings. The summed E-state index contributed by atoms with van der Waals surface area (Å²) >= 11 is 1.65. The second kappa shape index (κ2) is 5.50. The zero-order chi connectivity index (χ0) is 13.2. The zero-order valence-electron chi connectivity index (χ0n) is 10.3. The molecule has 1 unspecified atom stereocenters. The Labute approximate surface area is 112 Å². The molecule has 0 aliphatic carbocycles. The van der Waals surface area contributed by atoms with Crippen molar-refractivity contribution in [3.05, 3.63) is 24.3 Å². The van der Waals surface area contributed by atoms with Gasteiger partial charge in [0.1, 0.15) is 11.2 Å². The maximum atomic E-state index is 11.0. The van der Waals surface area contributed by atoms with Gasteiger partial charge in [0.2, 0.25) is 0 Å². The highest BCUT2D eigenvalue weighted by atomic mass is 32.2. The highest BCUT2D eigenvalue weighted by Crippen LogP contribution is 2.33. The number of ether oxygens (including phenoxy) is 1. The Kier molecular flexibility index (Phi) is 4.19. The van der Waals surface area contributed by atoms with E-state index in [0.29, 0.717) is 11.7 Å². The quantitative estimate of drug-likeness (QED) is 0.797. The number of hydrogen-bond acceptors (Lipinski definition) is 5. The Morgan fingerprint density at radius 3 is 2.50 bits per heavy atom. The molecule has 2 rings (SSSR count). The van der Waals surface area contributed by atoms with Crippen LogP contribution in [0.3, 0.4) is 0 Å². The Hall–Kier alpha value is -0.720. The fraction of sp³-hybridized carbons (Fsp3) is 0.500. The first kappa shape index (κ1) is 13.7. The van der Waals surface area contributed by atoms with Crippen LogP contribution in [0.2, 0.25) is 0 Å². The lowest BCUT2D eigenvalue weighted by atomic mass is 10.2. The lowest BCUT2D eigenvalue weighted by molar-refractivity contribution is 0.166. The van der Waals surface area contributed by atoms with Gasteiger partial charge in [-0.1, -0.05) is 18.7 Å². The monoisotopic (exact) mass is 288 g/mol. The van der Waals surface area contributed by atoms with Crippen LogP contribution in [0.5, 0.6) is 5.75 Å². The van der Waals surface area contributed by atoms with Crippen molar-refractivity contribution in [2.45, 2.75) is 23.7 Å². The van der Waals surface area contributed by atoms with Crippen LogP contribution in [0.25, 0.3) is 0 Å². The van der Waals surface area contributed by atoms with Crippen LogP contribution in [0.15, 0.2) is 29.2 Å². The second-order valence-electron chi connectivity index (χ2n) is 4.48. The number of thioether (sulfide) groups is 1. The summed E-state index contributed by atoms with van der Waals surface area (Å²) in [5.41, 5.74) is 0.196. The van der Waals surface area contributed by atoms with Crippen LogP contribution in [-0.2, 0) is 14.9 Å². The molecule has 0 bridgehead atoms. The third-order valence-electron chi connectivity index (χ3n) is 2.50. The van der Waals surface area contributed by atoms with E-state index in [1.165, 1.54) is 0 Å². The first-order valence-corrected chi connectivity index (χ1v) is 8.40. The van der Waals surface area contributed by atoms with Gasteiger partial charge < -0.3 is 8.92 Å². The first-order valence-electron chi connectivity index (χ1n) is 5.70. The molecule has 6 heteroatoms. The summed E-state index contributed by atoms with van der Waals surface area (Å²) in [4.78, 5) is 1.05. The summed E-state index contributed by atoms with van der Waals surface area (Å²) in [6.07, 6.45) is 2.08. The van der Waals surface area contributed by atoms with E-state index in [1.54, 1.807) is 23.9 Å². The van der Waals surface area contributed by atoms with Crippen LogP contribution in [-0.4, -0.2) is 26.7 Å². The molecule has 0 spiro atoms. The van der Waals surface area contributed by atoms with Crippen molar-refractivity contribution in [1.82, 2.24) is 0 Å². The molecule has 0 N–H and O–H groups in total. The van der Waals surface area contributed by atoms with E-state index in [2.05, 4.69) is 6.92 Å². The van der Waals surface area contributed by atoms with E-state index in [4.69, 9.17) is 8.92 Å². The topological polar surface area (TPSA) is 52.6 Å². The van der Waals surface area contributed by atoms with Crippen molar-refractivity contribution in [3.8, 4) is 5.75 Å². The van der Waals surface area contributed by atoms with Crippen molar-refractivity contribution in [2.24, 2.45) is 5.92 Å². The van der Waals surface area contributed by atoms with Gasteiger partial charge in [-0.15, -0.1) is 0 Å². The third-order valence-corrected chi connectivity index (χ3v) is 4.13. The van der Waals surface area contributed by atoms with E-state index in [-0.39, 0.29) is 5.44 Å². The van der Waals surface area contributed by atoms with Gasteiger partial charge in [-0.25, -0.2) is 0 Å². The van der Waals surface area contributed by atoms with Gasteiger partial charge in [-0.2, -0.15) is 8.42 Å². The Bertz CT molecular complexity index is 495. The van der Waals surface area contributed by atoms with Crippen molar-refractivity contribution in [2.75, 3.05) is 12.9 Å². The van der Waals surface area contributed by atoms with Crippen molar-refractivity contribution in [1.29, 1.82) is 0 Å². The third kappa shape index (κ3) is 4.19. The summed E-state index contributed by atoms with van der Waals surface area (Å²) < 4.78 is 32.3. The van der Waals surface area contributed by atoms with Crippen LogP contribution in [0.1, 0.15) is 13.3 Å².